The van der Waals surface area contributed by atoms with Gasteiger partial charge in [0.25, 0.3) is 0 Å². The summed E-state index contributed by atoms with van der Waals surface area (Å²) >= 11 is 0. The molecular formula is C16H24FNO. The lowest BCUT2D eigenvalue weighted by Crippen LogP contribution is -2.36. The first-order valence-corrected chi connectivity index (χ1v) is 7.02. The van der Waals surface area contributed by atoms with E-state index in [0.717, 1.165) is 30.8 Å². The first-order chi connectivity index (χ1) is 8.86. The zero-order valence-electron chi connectivity index (χ0n) is 12.3. The second kappa shape index (κ2) is 5.49. The molecule has 0 spiro atoms. The van der Waals surface area contributed by atoms with Crippen LogP contribution >= 0.6 is 0 Å². The van der Waals surface area contributed by atoms with Gasteiger partial charge in [0.05, 0.1) is 0 Å². The third-order valence-electron chi connectivity index (χ3n) is 4.06. The summed E-state index contributed by atoms with van der Waals surface area (Å²) in [7, 11) is 0. The Morgan fingerprint density at radius 3 is 2.84 bits per heavy atom. The Hall–Kier alpha value is -1.09. The molecule has 0 bridgehead atoms. The molecular weight excluding hydrogens is 241 g/mol. The molecule has 0 amide bonds. The Morgan fingerprint density at radius 2 is 2.16 bits per heavy atom. The second-order valence-corrected chi connectivity index (χ2v) is 6.62. The van der Waals surface area contributed by atoms with Gasteiger partial charge in [-0.2, -0.15) is 0 Å². The van der Waals surface area contributed by atoms with Gasteiger partial charge in [0.15, 0.2) is 0 Å². The zero-order valence-corrected chi connectivity index (χ0v) is 12.3. The molecule has 0 radical (unpaired) electrons. The van der Waals surface area contributed by atoms with Gasteiger partial charge in [-0.05, 0) is 36.1 Å². The van der Waals surface area contributed by atoms with Crippen molar-refractivity contribution in [1.82, 2.24) is 5.32 Å². The van der Waals surface area contributed by atoms with Crippen LogP contribution in [0.15, 0.2) is 18.2 Å². The number of fused-ring (bicyclic) bond motifs is 1. The maximum absolute atomic E-state index is 13.1. The van der Waals surface area contributed by atoms with Crippen LogP contribution in [0.5, 0.6) is 5.75 Å². The Balaban J connectivity index is 1.78. The van der Waals surface area contributed by atoms with Crippen molar-refractivity contribution in [3.05, 3.63) is 29.6 Å². The highest BCUT2D eigenvalue weighted by atomic mass is 19.1. The van der Waals surface area contributed by atoms with Gasteiger partial charge in [-0.15, -0.1) is 0 Å². The van der Waals surface area contributed by atoms with Crippen molar-refractivity contribution in [2.45, 2.75) is 40.2 Å². The molecule has 0 saturated carbocycles. The van der Waals surface area contributed by atoms with E-state index in [2.05, 4.69) is 33.0 Å². The Bertz CT molecular complexity index is 439. The van der Waals surface area contributed by atoms with Crippen LogP contribution < -0.4 is 10.1 Å². The highest BCUT2D eigenvalue weighted by molar-refractivity contribution is 5.37. The molecule has 1 aliphatic heterocycles. The molecule has 106 valence electrons. The number of nitrogens with one attached hydrogen (secondary N) is 1. The van der Waals surface area contributed by atoms with Gasteiger partial charge in [0.1, 0.15) is 17.7 Å². The average molecular weight is 265 g/mol. The number of halogens is 1. The highest BCUT2D eigenvalue weighted by Crippen LogP contribution is 2.29. The normalized spacial score (nSPS) is 19.9. The van der Waals surface area contributed by atoms with E-state index < -0.39 is 0 Å². The van der Waals surface area contributed by atoms with Crippen molar-refractivity contribution in [3.63, 3.8) is 0 Å². The molecule has 2 atom stereocenters. The van der Waals surface area contributed by atoms with Crippen molar-refractivity contribution in [1.29, 1.82) is 0 Å². The predicted molar refractivity (Wildman–Crippen MR) is 76.0 cm³/mol. The Morgan fingerprint density at radius 1 is 1.42 bits per heavy atom. The van der Waals surface area contributed by atoms with E-state index in [0.29, 0.717) is 11.3 Å². The molecule has 2 nitrogen and oxygen atoms in total. The summed E-state index contributed by atoms with van der Waals surface area (Å²) < 4.78 is 18.9. The zero-order chi connectivity index (χ0) is 14.0. The van der Waals surface area contributed by atoms with E-state index in [9.17, 15) is 4.39 Å². The third kappa shape index (κ3) is 3.69. The van der Waals surface area contributed by atoms with Gasteiger partial charge in [0.2, 0.25) is 0 Å². The van der Waals surface area contributed by atoms with Crippen LogP contribution in [0.3, 0.4) is 0 Å². The van der Waals surface area contributed by atoms with E-state index in [1.807, 2.05) is 0 Å². The molecule has 1 aliphatic rings. The van der Waals surface area contributed by atoms with Gasteiger partial charge in [-0.3, -0.25) is 0 Å². The lowest BCUT2D eigenvalue weighted by molar-refractivity contribution is 0.208. The van der Waals surface area contributed by atoms with Crippen molar-refractivity contribution < 1.29 is 9.13 Å². The van der Waals surface area contributed by atoms with Crippen LogP contribution in [-0.4, -0.2) is 19.2 Å². The second-order valence-electron chi connectivity index (χ2n) is 6.62. The third-order valence-corrected chi connectivity index (χ3v) is 4.06. The van der Waals surface area contributed by atoms with Crippen molar-refractivity contribution >= 4 is 0 Å². The molecule has 1 aromatic rings. The van der Waals surface area contributed by atoms with Crippen LogP contribution in [0.25, 0.3) is 0 Å². The molecule has 0 aliphatic carbocycles. The fourth-order valence-corrected chi connectivity index (χ4v) is 2.17. The summed E-state index contributed by atoms with van der Waals surface area (Å²) in [5.41, 5.74) is 1.30. The monoisotopic (exact) mass is 265 g/mol. The van der Waals surface area contributed by atoms with E-state index in [1.54, 1.807) is 12.1 Å². The summed E-state index contributed by atoms with van der Waals surface area (Å²) in [6, 6.07) is 4.76. The topological polar surface area (TPSA) is 21.3 Å². The number of benzene rings is 1. The smallest absolute Gasteiger partial charge is 0.123 e. The quantitative estimate of drug-likeness (QED) is 0.901. The first kappa shape index (κ1) is 14.3. The number of rotatable bonds is 4. The van der Waals surface area contributed by atoms with E-state index >= 15 is 0 Å². The molecule has 1 aromatic carbocycles. The maximum atomic E-state index is 13.1. The van der Waals surface area contributed by atoms with Gasteiger partial charge in [0, 0.05) is 18.5 Å². The molecule has 1 heterocycles. The summed E-state index contributed by atoms with van der Waals surface area (Å²) in [6.45, 7) is 10.8. The maximum Gasteiger partial charge on any atom is 0.123 e. The SMILES string of the molecule is CC(CNCC1Cc2cc(F)ccc2O1)C(C)(C)C. The fraction of sp³-hybridized carbons (Fsp3) is 0.625. The molecule has 3 heteroatoms. The minimum Gasteiger partial charge on any atom is -0.488 e. The van der Waals surface area contributed by atoms with Crippen LogP contribution in [0, 0.1) is 17.2 Å². The molecule has 1 N–H and O–H groups in total. The number of hydrogen-bond donors (Lipinski definition) is 1. The largest absolute Gasteiger partial charge is 0.488 e. The predicted octanol–water partition coefficient (Wildman–Crippen LogP) is 3.40. The average Bonchev–Trinajstić information content (AvgIpc) is 2.69. The summed E-state index contributed by atoms with van der Waals surface area (Å²) in [4.78, 5) is 0. The molecule has 0 saturated heterocycles. The lowest BCUT2D eigenvalue weighted by atomic mass is 9.82. The molecule has 19 heavy (non-hydrogen) atoms. The van der Waals surface area contributed by atoms with E-state index in [1.165, 1.54) is 6.07 Å². The summed E-state index contributed by atoms with van der Waals surface area (Å²) in [5, 5.41) is 3.46. The Kier molecular flexibility index (Phi) is 4.14. The van der Waals surface area contributed by atoms with Crippen molar-refractivity contribution in [2.75, 3.05) is 13.1 Å². The van der Waals surface area contributed by atoms with Crippen LogP contribution in [-0.2, 0) is 6.42 Å². The minimum atomic E-state index is -0.183. The minimum absolute atomic E-state index is 0.129. The highest BCUT2D eigenvalue weighted by Gasteiger charge is 2.24. The standard InChI is InChI=1S/C16H24FNO/c1-11(16(2,3)4)9-18-10-14-8-12-7-13(17)5-6-15(12)19-14/h5-7,11,14,18H,8-10H2,1-4H3. The number of ether oxygens (including phenoxy) is 1. The van der Waals surface area contributed by atoms with Crippen LogP contribution in [0.4, 0.5) is 4.39 Å². The molecule has 2 rings (SSSR count). The summed E-state index contributed by atoms with van der Waals surface area (Å²) in [5.74, 6) is 1.25. The number of hydrogen-bond acceptors (Lipinski definition) is 2. The van der Waals surface area contributed by atoms with E-state index in [4.69, 9.17) is 4.74 Å². The first-order valence-electron chi connectivity index (χ1n) is 7.02. The van der Waals surface area contributed by atoms with Gasteiger partial charge in [-0.1, -0.05) is 27.7 Å². The van der Waals surface area contributed by atoms with Crippen LogP contribution in [0.2, 0.25) is 0 Å². The van der Waals surface area contributed by atoms with E-state index in [-0.39, 0.29) is 11.9 Å². The molecule has 0 aromatic heterocycles. The Labute approximate surface area is 115 Å². The lowest BCUT2D eigenvalue weighted by Gasteiger charge is -2.27. The van der Waals surface area contributed by atoms with Gasteiger partial charge in [-0.25, -0.2) is 4.39 Å². The van der Waals surface area contributed by atoms with Crippen LogP contribution in [0.1, 0.15) is 33.3 Å². The van der Waals surface area contributed by atoms with Gasteiger partial charge >= 0.3 is 0 Å². The van der Waals surface area contributed by atoms with Crippen molar-refractivity contribution in [3.8, 4) is 5.75 Å². The molecule has 2 unspecified atom stereocenters. The summed E-state index contributed by atoms with van der Waals surface area (Å²) in [6.07, 6.45) is 0.924. The fourth-order valence-electron chi connectivity index (χ4n) is 2.17. The van der Waals surface area contributed by atoms with Crippen molar-refractivity contribution in [2.24, 2.45) is 11.3 Å². The van der Waals surface area contributed by atoms with Gasteiger partial charge < -0.3 is 10.1 Å². The molecule has 0 fully saturated rings.